The fourth-order valence-corrected chi connectivity index (χ4v) is 4.55. The zero-order chi connectivity index (χ0) is 15.6. The van der Waals surface area contributed by atoms with E-state index in [4.69, 9.17) is 0 Å². The van der Waals surface area contributed by atoms with Gasteiger partial charge in [0.25, 0.3) is 0 Å². The van der Waals surface area contributed by atoms with Gasteiger partial charge in [0.05, 0.1) is 4.90 Å². The van der Waals surface area contributed by atoms with Gasteiger partial charge in [-0.1, -0.05) is 48.0 Å². The Balaban J connectivity index is 1.68. The summed E-state index contributed by atoms with van der Waals surface area (Å²) in [4.78, 5) is 0.405. The lowest BCUT2D eigenvalue weighted by Gasteiger charge is -2.39. The van der Waals surface area contributed by atoms with E-state index in [1.54, 1.807) is 16.4 Å². The molecule has 0 radical (unpaired) electrons. The second-order valence-corrected chi connectivity index (χ2v) is 7.79. The van der Waals surface area contributed by atoms with Crippen LogP contribution in [0.15, 0.2) is 59.5 Å². The summed E-state index contributed by atoms with van der Waals surface area (Å²) in [5.74, 6) is 0. The number of nitrogens with zero attached hydrogens (tertiary/aromatic N) is 1. The van der Waals surface area contributed by atoms with Crippen molar-refractivity contribution < 1.29 is 8.42 Å². The monoisotopic (exact) mass is 315 g/mol. The van der Waals surface area contributed by atoms with Gasteiger partial charge in [-0.05, 0) is 43.9 Å². The smallest absolute Gasteiger partial charge is 0.207 e. The Bertz CT molecular complexity index is 723. The summed E-state index contributed by atoms with van der Waals surface area (Å²) in [7, 11) is -3.34. The molecule has 0 aromatic heterocycles. The van der Waals surface area contributed by atoms with Crippen molar-refractivity contribution in [2.45, 2.75) is 37.1 Å². The van der Waals surface area contributed by atoms with Crippen LogP contribution in [0.1, 0.15) is 24.0 Å². The first-order chi connectivity index (χ1) is 10.6. The minimum atomic E-state index is -3.34. The van der Waals surface area contributed by atoms with Crippen LogP contribution in [0.2, 0.25) is 0 Å². The highest BCUT2D eigenvalue weighted by molar-refractivity contribution is 7.89. The Hall–Kier alpha value is -1.65. The van der Waals surface area contributed by atoms with Crippen LogP contribution in [-0.4, -0.2) is 25.3 Å². The number of sulfonamides is 1. The maximum absolute atomic E-state index is 12.7. The van der Waals surface area contributed by atoms with Crippen molar-refractivity contribution in [3.05, 3.63) is 65.7 Å². The Morgan fingerprint density at radius 1 is 1.05 bits per heavy atom. The SMILES string of the molecule is Cc1ccc(S(=O)(=O)N2CCC2CCc2ccccc2)cc1. The molecule has 0 saturated carbocycles. The average Bonchev–Trinajstić information content (AvgIpc) is 2.47. The van der Waals surface area contributed by atoms with Crippen LogP contribution < -0.4 is 0 Å². The summed E-state index contributed by atoms with van der Waals surface area (Å²) in [6, 6.07) is 17.5. The summed E-state index contributed by atoms with van der Waals surface area (Å²) in [5.41, 5.74) is 2.34. The lowest BCUT2D eigenvalue weighted by Crippen LogP contribution is -2.51. The molecule has 116 valence electrons. The minimum absolute atomic E-state index is 0.131. The molecule has 0 amide bonds. The van der Waals surface area contributed by atoms with Crippen LogP contribution in [-0.2, 0) is 16.4 Å². The molecular weight excluding hydrogens is 294 g/mol. The van der Waals surface area contributed by atoms with Gasteiger partial charge in [-0.15, -0.1) is 0 Å². The molecule has 3 rings (SSSR count). The lowest BCUT2D eigenvalue weighted by atomic mass is 9.98. The molecule has 1 heterocycles. The van der Waals surface area contributed by atoms with Crippen molar-refractivity contribution in [3.63, 3.8) is 0 Å². The molecule has 3 nitrogen and oxygen atoms in total. The molecule has 1 fully saturated rings. The largest absolute Gasteiger partial charge is 0.243 e. The van der Waals surface area contributed by atoms with Gasteiger partial charge in [0.2, 0.25) is 10.0 Å². The summed E-state index contributed by atoms with van der Waals surface area (Å²) in [6.45, 7) is 2.60. The number of aryl methyl sites for hydroxylation is 2. The second kappa shape index (κ2) is 6.23. The van der Waals surface area contributed by atoms with Gasteiger partial charge in [0.1, 0.15) is 0 Å². The Kier molecular flexibility index (Phi) is 4.32. The normalized spacial score (nSPS) is 18.9. The van der Waals surface area contributed by atoms with E-state index in [-0.39, 0.29) is 6.04 Å². The van der Waals surface area contributed by atoms with Crippen LogP contribution in [0.4, 0.5) is 0 Å². The summed E-state index contributed by atoms with van der Waals surface area (Å²) < 4.78 is 27.0. The number of benzene rings is 2. The summed E-state index contributed by atoms with van der Waals surface area (Å²) >= 11 is 0. The fourth-order valence-electron chi connectivity index (χ4n) is 2.85. The molecule has 22 heavy (non-hydrogen) atoms. The summed E-state index contributed by atoms with van der Waals surface area (Å²) in [5, 5.41) is 0. The third kappa shape index (κ3) is 3.08. The van der Waals surface area contributed by atoms with E-state index in [2.05, 4.69) is 12.1 Å². The zero-order valence-electron chi connectivity index (χ0n) is 12.8. The van der Waals surface area contributed by atoms with Crippen molar-refractivity contribution in [2.75, 3.05) is 6.54 Å². The van der Waals surface area contributed by atoms with Crippen LogP contribution in [0, 0.1) is 6.92 Å². The Morgan fingerprint density at radius 3 is 2.32 bits per heavy atom. The summed E-state index contributed by atoms with van der Waals surface area (Å²) in [6.07, 6.45) is 2.76. The van der Waals surface area contributed by atoms with Crippen molar-refractivity contribution >= 4 is 10.0 Å². The maximum Gasteiger partial charge on any atom is 0.243 e. The quantitative estimate of drug-likeness (QED) is 0.848. The topological polar surface area (TPSA) is 37.4 Å². The van der Waals surface area contributed by atoms with E-state index in [1.807, 2.05) is 37.3 Å². The number of rotatable bonds is 5. The highest BCUT2D eigenvalue weighted by Gasteiger charge is 2.37. The molecule has 1 aliphatic rings. The van der Waals surface area contributed by atoms with Crippen LogP contribution in [0.5, 0.6) is 0 Å². The predicted octanol–water partition coefficient (Wildman–Crippen LogP) is 3.39. The molecule has 2 aromatic rings. The van der Waals surface area contributed by atoms with Gasteiger partial charge in [-0.25, -0.2) is 8.42 Å². The first kappa shape index (κ1) is 15.3. The number of hydrogen-bond acceptors (Lipinski definition) is 2. The van der Waals surface area contributed by atoms with Crippen molar-refractivity contribution in [3.8, 4) is 0 Å². The molecule has 2 aromatic carbocycles. The van der Waals surface area contributed by atoms with Crippen molar-refractivity contribution in [1.82, 2.24) is 4.31 Å². The van der Waals surface area contributed by atoms with Crippen LogP contribution in [0.3, 0.4) is 0 Å². The molecule has 1 unspecified atom stereocenters. The molecule has 1 saturated heterocycles. The molecule has 0 bridgehead atoms. The Morgan fingerprint density at radius 2 is 1.73 bits per heavy atom. The van der Waals surface area contributed by atoms with Gasteiger partial charge in [-0.2, -0.15) is 4.31 Å². The first-order valence-electron chi connectivity index (χ1n) is 7.70. The first-order valence-corrected chi connectivity index (χ1v) is 9.14. The van der Waals surface area contributed by atoms with E-state index in [9.17, 15) is 8.42 Å². The van der Waals surface area contributed by atoms with E-state index in [1.165, 1.54) is 5.56 Å². The van der Waals surface area contributed by atoms with Gasteiger partial charge in [0, 0.05) is 12.6 Å². The molecule has 4 heteroatoms. The van der Waals surface area contributed by atoms with Gasteiger partial charge < -0.3 is 0 Å². The molecule has 0 N–H and O–H groups in total. The van der Waals surface area contributed by atoms with Crippen molar-refractivity contribution in [1.29, 1.82) is 0 Å². The average molecular weight is 315 g/mol. The van der Waals surface area contributed by atoms with E-state index in [0.29, 0.717) is 11.4 Å². The van der Waals surface area contributed by atoms with Crippen LogP contribution >= 0.6 is 0 Å². The molecule has 1 aliphatic heterocycles. The van der Waals surface area contributed by atoms with Gasteiger partial charge in [-0.3, -0.25) is 0 Å². The standard InChI is InChI=1S/C18H21NO2S/c1-15-7-11-18(12-8-15)22(20,21)19-14-13-17(19)10-9-16-5-3-2-4-6-16/h2-8,11-12,17H,9-10,13-14H2,1H3. The lowest BCUT2D eigenvalue weighted by molar-refractivity contribution is 0.188. The third-order valence-corrected chi connectivity index (χ3v) is 6.29. The van der Waals surface area contributed by atoms with Gasteiger partial charge in [0.15, 0.2) is 0 Å². The molecule has 0 aliphatic carbocycles. The van der Waals surface area contributed by atoms with E-state index in [0.717, 1.165) is 24.8 Å². The molecular formula is C18H21NO2S. The highest BCUT2D eigenvalue weighted by Crippen LogP contribution is 2.29. The third-order valence-electron chi connectivity index (χ3n) is 4.33. The highest BCUT2D eigenvalue weighted by atomic mass is 32.2. The minimum Gasteiger partial charge on any atom is -0.207 e. The Labute approximate surface area is 132 Å². The number of hydrogen-bond donors (Lipinski definition) is 0. The fraction of sp³-hybridized carbons (Fsp3) is 0.333. The molecule has 1 atom stereocenters. The van der Waals surface area contributed by atoms with Gasteiger partial charge >= 0.3 is 0 Å². The van der Waals surface area contributed by atoms with Crippen molar-refractivity contribution in [2.24, 2.45) is 0 Å². The van der Waals surface area contributed by atoms with E-state index >= 15 is 0 Å². The van der Waals surface area contributed by atoms with E-state index < -0.39 is 10.0 Å². The maximum atomic E-state index is 12.7. The zero-order valence-corrected chi connectivity index (χ0v) is 13.6. The van der Waals surface area contributed by atoms with Crippen LogP contribution in [0.25, 0.3) is 0 Å². The second-order valence-electron chi connectivity index (χ2n) is 5.90. The predicted molar refractivity (Wildman–Crippen MR) is 88.2 cm³/mol. The molecule has 0 spiro atoms.